The first-order valence-electron chi connectivity index (χ1n) is 8.40. The SMILES string of the molecule is CCc1ccc(OCC(=O)NN=Cc2cc([N+](=O)[O-])ccc2N(C)C)cc1. The van der Waals surface area contributed by atoms with Gasteiger partial charge in [-0.15, -0.1) is 0 Å². The molecular weight excluding hydrogens is 348 g/mol. The highest BCUT2D eigenvalue weighted by atomic mass is 16.6. The lowest BCUT2D eigenvalue weighted by Gasteiger charge is -2.14. The Kier molecular flexibility index (Phi) is 6.87. The summed E-state index contributed by atoms with van der Waals surface area (Å²) in [5.41, 5.74) is 4.75. The Balaban J connectivity index is 1.96. The molecule has 1 amide bonds. The first-order chi connectivity index (χ1) is 12.9. The van der Waals surface area contributed by atoms with Crippen LogP contribution >= 0.6 is 0 Å². The van der Waals surface area contributed by atoms with Gasteiger partial charge in [0, 0.05) is 37.5 Å². The summed E-state index contributed by atoms with van der Waals surface area (Å²) < 4.78 is 5.40. The summed E-state index contributed by atoms with van der Waals surface area (Å²) in [6, 6.07) is 11.9. The number of amides is 1. The lowest BCUT2D eigenvalue weighted by Crippen LogP contribution is -2.24. The van der Waals surface area contributed by atoms with Gasteiger partial charge < -0.3 is 9.64 Å². The maximum absolute atomic E-state index is 11.9. The summed E-state index contributed by atoms with van der Waals surface area (Å²) in [5.74, 6) is 0.169. The van der Waals surface area contributed by atoms with Crippen molar-refractivity contribution in [3.8, 4) is 5.75 Å². The fourth-order valence-corrected chi connectivity index (χ4v) is 2.34. The van der Waals surface area contributed by atoms with Gasteiger partial charge in [0.2, 0.25) is 0 Å². The average Bonchev–Trinajstić information content (AvgIpc) is 2.66. The number of nitrogens with one attached hydrogen (secondary N) is 1. The third-order valence-corrected chi connectivity index (χ3v) is 3.80. The number of aryl methyl sites for hydroxylation is 1. The number of carbonyl (C=O) groups excluding carboxylic acids is 1. The minimum atomic E-state index is -0.479. The maximum atomic E-state index is 11.9. The number of hydrogen-bond acceptors (Lipinski definition) is 6. The Morgan fingerprint density at radius 1 is 1.26 bits per heavy atom. The Hall–Kier alpha value is -3.42. The highest BCUT2D eigenvalue weighted by Gasteiger charge is 2.11. The average molecular weight is 370 g/mol. The summed E-state index contributed by atoms with van der Waals surface area (Å²) in [4.78, 5) is 24.1. The van der Waals surface area contributed by atoms with E-state index in [1.54, 1.807) is 11.0 Å². The van der Waals surface area contributed by atoms with Crippen LogP contribution in [-0.2, 0) is 11.2 Å². The summed E-state index contributed by atoms with van der Waals surface area (Å²) in [6.07, 6.45) is 2.30. The molecule has 1 N–H and O–H groups in total. The molecule has 0 atom stereocenters. The molecule has 2 aromatic rings. The van der Waals surface area contributed by atoms with E-state index in [0.29, 0.717) is 11.3 Å². The Morgan fingerprint density at radius 3 is 2.56 bits per heavy atom. The van der Waals surface area contributed by atoms with Crippen LogP contribution in [0.2, 0.25) is 0 Å². The van der Waals surface area contributed by atoms with E-state index in [2.05, 4.69) is 17.5 Å². The molecule has 0 aromatic heterocycles. The molecule has 0 fully saturated rings. The van der Waals surface area contributed by atoms with Crippen molar-refractivity contribution < 1.29 is 14.5 Å². The Morgan fingerprint density at radius 2 is 1.96 bits per heavy atom. The van der Waals surface area contributed by atoms with E-state index in [1.165, 1.54) is 23.9 Å². The van der Waals surface area contributed by atoms with Gasteiger partial charge in [-0.3, -0.25) is 14.9 Å². The Labute approximate surface area is 157 Å². The summed E-state index contributed by atoms with van der Waals surface area (Å²) in [5, 5.41) is 14.8. The topological polar surface area (TPSA) is 97.1 Å². The Bertz CT molecular complexity index is 832. The molecular formula is C19H22N4O4. The molecule has 0 bridgehead atoms. The van der Waals surface area contributed by atoms with Gasteiger partial charge in [-0.2, -0.15) is 5.10 Å². The number of nitro benzene ring substituents is 1. The molecule has 0 saturated carbocycles. The molecule has 0 saturated heterocycles. The molecule has 0 heterocycles. The number of hydrogen-bond donors (Lipinski definition) is 1. The van der Waals surface area contributed by atoms with Crippen molar-refractivity contribution in [1.82, 2.24) is 5.43 Å². The second-order valence-electron chi connectivity index (χ2n) is 5.97. The number of non-ortho nitro benzene ring substituents is 1. The molecule has 0 aliphatic carbocycles. The van der Waals surface area contributed by atoms with E-state index in [0.717, 1.165) is 12.1 Å². The lowest BCUT2D eigenvalue weighted by molar-refractivity contribution is -0.384. The lowest BCUT2D eigenvalue weighted by atomic mass is 10.1. The van der Waals surface area contributed by atoms with Crippen molar-refractivity contribution in [3.05, 3.63) is 63.7 Å². The van der Waals surface area contributed by atoms with Gasteiger partial charge in [-0.1, -0.05) is 19.1 Å². The molecule has 0 radical (unpaired) electrons. The predicted molar refractivity (Wildman–Crippen MR) is 104 cm³/mol. The standard InChI is InChI=1S/C19H22N4O4/c1-4-14-5-8-17(9-6-14)27-13-19(24)21-20-12-15-11-16(23(25)26)7-10-18(15)22(2)3/h5-12H,4,13H2,1-3H3,(H,21,24). The fourth-order valence-electron chi connectivity index (χ4n) is 2.34. The molecule has 0 aliphatic heterocycles. The third-order valence-electron chi connectivity index (χ3n) is 3.80. The number of anilines is 1. The van der Waals surface area contributed by atoms with Gasteiger partial charge in [-0.25, -0.2) is 5.43 Å². The van der Waals surface area contributed by atoms with E-state index >= 15 is 0 Å². The number of ether oxygens (including phenoxy) is 1. The number of rotatable bonds is 8. The third kappa shape index (κ3) is 5.81. The van der Waals surface area contributed by atoms with Crippen LogP contribution in [0.1, 0.15) is 18.1 Å². The monoisotopic (exact) mass is 370 g/mol. The van der Waals surface area contributed by atoms with E-state index in [9.17, 15) is 14.9 Å². The van der Waals surface area contributed by atoms with Gasteiger partial charge >= 0.3 is 0 Å². The van der Waals surface area contributed by atoms with E-state index in [4.69, 9.17) is 4.74 Å². The second kappa shape index (κ2) is 9.33. The van der Waals surface area contributed by atoms with Crippen LogP contribution in [0.25, 0.3) is 0 Å². The number of nitro groups is 1. The van der Waals surface area contributed by atoms with E-state index in [-0.39, 0.29) is 12.3 Å². The van der Waals surface area contributed by atoms with Crippen LogP contribution in [-0.4, -0.2) is 37.7 Å². The van der Waals surface area contributed by atoms with Gasteiger partial charge in [-0.05, 0) is 30.2 Å². The van der Waals surface area contributed by atoms with Crippen LogP contribution in [0.5, 0.6) is 5.75 Å². The molecule has 0 aliphatic rings. The van der Waals surface area contributed by atoms with Gasteiger partial charge in [0.1, 0.15) is 5.75 Å². The van der Waals surface area contributed by atoms with Crippen LogP contribution in [0.15, 0.2) is 47.6 Å². The molecule has 27 heavy (non-hydrogen) atoms. The van der Waals surface area contributed by atoms with Crippen LogP contribution in [0.3, 0.4) is 0 Å². The van der Waals surface area contributed by atoms with Crippen LogP contribution in [0.4, 0.5) is 11.4 Å². The molecule has 2 rings (SSSR count). The van der Waals surface area contributed by atoms with Crippen molar-refractivity contribution >= 4 is 23.5 Å². The summed E-state index contributed by atoms with van der Waals surface area (Å²) in [6.45, 7) is 1.88. The quantitative estimate of drug-likeness (QED) is 0.438. The minimum absolute atomic E-state index is 0.0489. The first kappa shape index (κ1) is 19.9. The summed E-state index contributed by atoms with van der Waals surface area (Å²) >= 11 is 0. The van der Waals surface area contributed by atoms with Crippen LogP contribution < -0.4 is 15.1 Å². The first-order valence-corrected chi connectivity index (χ1v) is 8.40. The van der Waals surface area contributed by atoms with Crippen molar-refractivity contribution in [2.45, 2.75) is 13.3 Å². The highest BCUT2D eigenvalue weighted by Crippen LogP contribution is 2.22. The fraction of sp³-hybridized carbons (Fsp3) is 0.263. The molecule has 0 unspecified atom stereocenters. The van der Waals surface area contributed by atoms with Gasteiger partial charge in [0.25, 0.3) is 11.6 Å². The molecule has 8 heteroatoms. The normalized spacial score (nSPS) is 10.6. The smallest absolute Gasteiger partial charge is 0.277 e. The largest absolute Gasteiger partial charge is 0.484 e. The predicted octanol–water partition coefficient (Wildman–Crippen LogP) is 2.75. The zero-order valence-corrected chi connectivity index (χ0v) is 15.5. The van der Waals surface area contributed by atoms with Gasteiger partial charge in [0.05, 0.1) is 11.1 Å². The number of nitrogens with zero attached hydrogens (tertiary/aromatic N) is 3. The van der Waals surface area contributed by atoms with E-state index < -0.39 is 10.8 Å². The summed E-state index contributed by atoms with van der Waals surface area (Å²) in [7, 11) is 3.63. The van der Waals surface area contributed by atoms with Crippen molar-refractivity contribution in [1.29, 1.82) is 0 Å². The van der Waals surface area contributed by atoms with Crippen molar-refractivity contribution in [2.24, 2.45) is 5.10 Å². The number of benzene rings is 2. The minimum Gasteiger partial charge on any atom is -0.484 e. The van der Waals surface area contributed by atoms with Crippen molar-refractivity contribution in [2.75, 3.05) is 25.6 Å². The highest BCUT2D eigenvalue weighted by molar-refractivity contribution is 5.90. The van der Waals surface area contributed by atoms with Crippen molar-refractivity contribution in [3.63, 3.8) is 0 Å². The number of hydrazone groups is 1. The molecule has 142 valence electrons. The molecule has 8 nitrogen and oxygen atoms in total. The molecule has 0 spiro atoms. The number of carbonyl (C=O) groups is 1. The maximum Gasteiger partial charge on any atom is 0.277 e. The van der Waals surface area contributed by atoms with E-state index in [1.807, 2.05) is 38.4 Å². The molecule has 2 aromatic carbocycles. The van der Waals surface area contributed by atoms with Gasteiger partial charge in [0.15, 0.2) is 6.61 Å². The zero-order valence-electron chi connectivity index (χ0n) is 15.5. The van der Waals surface area contributed by atoms with Crippen LogP contribution in [0, 0.1) is 10.1 Å². The zero-order chi connectivity index (χ0) is 19.8. The second-order valence-corrected chi connectivity index (χ2v) is 5.97.